The summed E-state index contributed by atoms with van der Waals surface area (Å²) in [6.07, 6.45) is -2.35. The molecule has 1 unspecified atom stereocenters. The van der Waals surface area contributed by atoms with E-state index in [0.717, 1.165) is 21.3 Å². The minimum atomic E-state index is -2.35. The van der Waals surface area contributed by atoms with Gasteiger partial charge in [0.2, 0.25) is 0 Å². The third kappa shape index (κ3) is 3.16. The van der Waals surface area contributed by atoms with Crippen LogP contribution >= 0.6 is 15.9 Å². The van der Waals surface area contributed by atoms with E-state index < -0.39 is 12.5 Å². The van der Waals surface area contributed by atoms with Crippen LogP contribution in [0.1, 0.15) is 18.1 Å². The number of nitrogens with one attached hydrogen (secondary N) is 1. The lowest BCUT2D eigenvalue weighted by Crippen LogP contribution is -2.23. The minimum absolute atomic E-state index is 0.737. The molecule has 15 heavy (non-hydrogen) atoms. The van der Waals surface area contributed by atoms with Crippen LogP contribution in [0.5, 0.6) is 0 Å². The van der Waals surface area contributed by atoms with E-state index in [9.17, 15) is 8.78 Å². The van der Waals surface area contributed by atoms with Crippen molar-refractivity contribution in [3.63, 3.8) is 0 Å². The third-order valence-electron chi connectivity index (χ3n) is 2.21. The molecular formula is C11H14BrF2N. The standard InChI is InChI=1S/C11H14BrF2N/c1-6-4-9(5-7(2)10(6)12)15-8(3)11(13)14/h4-5,8,11,15H,1-3H3. The zero-order valence-corrected chi connectivity index (χ0v) is 10.5. The molecule has 0 bridgehead atoms. The fraction of sp³-hybridized carbons (Fsp3) is 0.455. The topological polar surface area (TPSA) is 12.0 Å². The van der Waals surface area contributed by atoms with Crippen molar-refractivity contribution in [1.82, 2.24) is 0 Å². The van der Waals surface area contributed by atoms with E-state index in [0.29, 0.717) is 0 Å². The Hall–Kier alpha value is -0.640. The summed E-state index contributed by atoms with van der Waals surface area (Å²) in [5.41, 5.74) is 2.82. The lowest BCUT2D eigenvalue weighted by molar-refractivity contribution is 0.130. The maximum atomic E-state index is 12.3. The summed E-state index contributed by atoms with van der Waals surface area (Å²) in [6.45, 7) is 5.35. The summed E-state index contributed by atoms with van der Waals surface area (Å²) in [5, 5.41) is 2.78. The Morgan fingerprint density at radius 3 is 2.07 bits per heavy atom. The zero-order chi connectivity index (χ0) is 11.6. The van der Waals surface area contributed by atoms with Gasteiger partial charge in [-0.25, -0.2) is 8.78 Å². The van der Waals surface area contributed by atoms with Crippen LogP contribution in [0.4, 0.5) is 14.5 Å². The number of hydrogen-bond acceptors (Lipinski definition) is 1. The molecule has 0 heterocycles. The van der Waals surface area contributed by atoms with Gasteiger partial charge in [0.15, 0.2) is 0 Å². The summed E-state index contributed by atoms with van der Waals surface area (Å²) in [6, 6.07) is 2.89. The van der Waals surface area contributed by atoms with Gasteiger partial charge >= 0.3 is 0 Å². The number of halogens is 3. The van der Waals surface area contributed by atoms with Gasteiger partial charge in [0.25, 0.3) is 6.43 Å². The number of benzene rings is 1. The summed E-state index contributed by atoms with van der Waals surface area (Å²) in [4.78, 5) is 0. The van der Waals surface area contributed by atoms with Crippen LogP contribution in [0.2, 0.25) is 0 Å². The highest BCUT2D eigenvalue weighted by molar-refractivity contribution is 9.10. The average molecular weight is 278 g/mol. The van der Waals surface area contributed by atoms with Crippen molar-refractivity contribution in [3.8, 4) is 0 Å². The quantitative estimate of drug-likeness (QED) is 0.876. The van der Waals surface area contributed by atoms with Crippen molar-refractivity contribution in [3.05, 3.63) is 27.7 Å². The molecule has 4 heteroatoms. The van der Waals surface area contributed by atoms with E-state index >= 15 is 0 Å². The van der Waals surface area contributed by atoms with Crippen molar-refractivity contribution < 1.29 is 8.78 Å². The van der Waals surface area contributed by atoms with E-state index in [1.165, 1.54) is 6.92 Å². The molecule has 1 aromatic carbocycles. The first kappa shape index (κ1) is 12.4. The number of rotatable bonds is 3. The highest BCUT2D eigenvalue weighted by Crippen LogP contribution is 2.25. The first-order chi connectivity index (χ1) is 6.91. The minimum Gasteiger partial charge on any atom is -0.377 e. The maximum Gasteiger partial charge on any atom is 0.258 e. The molecule has 0 spiro atoms. The largest absolute Gasteiger partial charge is 0.377 e. The van der Waals surface area contributed by atoms with Crippen molar-refractivity contribution in [2.75, 3.05) is 5.32 Å². The molecule has 1 N–H and O–H groups in total. The molecule has 0 aliphatic carbocycles. The van der Waals surface area contributed by atoms with Crippen LogP contribution in [0.25, 0.3) is 0 Å². The molecule has 0 saturated heterocycles. The van der Waals surface area contributed by atoms with Gasteiger partial charge in [0.05, 0.1) is 6.04 Å². The molecule has 1 nitrogen and oxygen atoms in total. The number of anilines is 1. The second kappa shape index (κ2) is 4.92. The molecule has 0 radical (unpaired) electrons. The second-order valence-electron chi connectivity index (χ2n) is 3.69. The van der Waals surface area contributed by atoms with Crippen LogP contribution in [0.3, 0.4) is 0 Å². The molecule has 84 valence electrons. The Morgan fingerprint density at radius 1 is 1.20 bits per heavy atom. The lowest BCUT2D eigenvalue weighted by atomic mass is 10.1. The Bertz CT molecular complexity index is 329. The van der Waals surface area contributed by atoms with E-state index in [4.69, 9.17) is 0 Å². The predicted octanol–water partition coefficient (Wildman–Crippen LogP) is 4.13. The molecule has 0 aliphatic rings. The van der Waals surface area contributed by atoms with E-state index in [-0.39, 0.29) is 0 Å². The summed E-state index contributed by atoms with van der Waals surface area (Å²) >= 11 is 3.43. The van der Waals surface area contributed by atoms with Gasteiger partial charge in [-0.1, -0.05) is 15.9 Å². The van der Waals surface area contributed by atoms with Gasteiger partial charge < -0.3 is 5.32 Å². The van der Waals surface area contributed by atoms with Crippen LogP contribution < -0.4 is 5.32 Å². The lowest BCUT2D eigenvalue weighted by Gasteiger charge is -2.16. The molecule has 0 fully saturated rings. The van der Waals surface area contributed by atoms with Crippen LogP contribution in [0.15, 0.2) is 16.6 Å². The Morgan fingerprint density at radius 2 is 1.67 bits per heavy atom. The van der Waals surface area contributed by atoms with E-state index in [1.54, 1.807) is 0 Å². The first-order valence-electron chi connectivity index (χ1n) is 4.73. The number of aryl methyl sites for hydroxylation is 2. The number of alkyl halides is 2. The fourth-order valence-electron chi connectivity index (χ4n) is 1.36. The zero-order valence-electron chi connectivity index (χ0n) is 8.94. The SMILES string of the molecule is Cc1cc(NC(C)C(F)F)cc(C)c1Br. The van der Waals surface area contributed by atoms with Gasteiger partial charge in [-0.05, 0) is 44.0 Å². The highest BCUT2D eigenvalue weighted by Gasteiger charge is 2.14. The molecule has 0 amide bonds. The van der Waals surface area contributed by atoms with Gasteiger partial charge in [0.1, 0.15) is 0 Å². The van der Waals surface area contributed by atoms with E-state index in [1.807, 2.05) is 26.0 Å². The normalized spacial score (nSPS) is 13.0. The van der Waals surface area contributed by atoms with Crippen LogP contribution in [0, 0.1) is 13.8 Å². The van der Waals surface area contributed by atoms with Crippen molar-refractivity contribution >= 4 is 21.6 Å². The van der Waals surface area contributed by atoms with Gasteiger partial charge in [-0.3, -0.25) is 0 Å². The van der Waals surface area contributed by atoms with Crippen LogP contribution in [-0.4, -0.2) is 12.5 Å². The molecular weight excluding hydrogens is 264 g/mol. The monoisotopic (exact) mass is 277 g/mol. The Labute approximate surface area is 97.0 Å². The maximum absolute atomic E-state index is 12.3. The molecule has 1 aromatic rings. The van der Waals surface area contributed by atoms with Gasteiger partial charge in [-0.15, -0.1) is 0 Å². The average Bonchev–Trinajstić information content (AvgIpc) is 2.13. The number of hydrogen-bond donors (Lipinski definition) is 1. The fourth-order valence-corrected chi connectivity index (χ4v) is 1.58. The Kier molecular flexibility index (Phi) is 4.08. The van der Waals surface area contributed by atoms with Gasteiger partial charge in [-0.2, -0.15) is 0 Å². The van der Waals surface area contributed by atoms with Crippen molar-refractivity contribution in [2.24, 2.45) is 0 Å². The summed E-state index contributed by atoms with van der Waals surface area (Å²) in [7, 11) is 0. The molecule has 1 atom stereocenters. The van der Waals surface area contributed by atoms with Crippen molar-refractivity contribution in [1.29, 1.82) is 0 Å². The Balaban J connectivity index is 2.88. The predicted molar refractivity (Wildman–Crippen MR) is 62.7 cm³/mol. The van der Waals surface area contributed by atoms with Crippen LogP contribution in [-0.2, 0) is 0 Å². The molecule has 1 rings (SSSR count). The second-order valence-corrected chi connectivity index (χ2v) is 4.48. The summed E-state index contributed by atoms with van der Waals surface area (Å²) < 4.78 is 25.7. The van der Waals surface area contributed by atoms with E-state index in [2.05, 4.69) is 21.2 Å². The molecule has 0 saturated carbocycles. The molecule has 0 aromatic heterocycles. The first-order valence-corrected chi connectivity index (χ1v) is 5.52. The third-order valence-corrected chi connectivity index (χ3v) is 3.46. The highest BCUT2D eigenvalue weighted by atomic mass is 79.9. The van der Waals surface area contributed by atoms with Gasteiger partial charge in [0, 0.05) is 10.2 Å². The summed E-state index contributed by atoms with van der Waals surface area (Å²) in [5.74, 6) is 0. The smallest absolute Gasteiger partial charge is 0.258 e. The van der Waals surface area contributed by atoms with Crippen molar-refractivity contribution in [2.45, 2.75) is 33.2 Å². The molecule has 0 aliphatic heterocycles.